The van der Waals surface area contributed by atoms with Crippen LogP contribution in [0.25, 0.3) is 11.0 Å². The van der Waals surface area contributed by atoms with Crippen LogP contribution in [0.5, 0.6) is 5.75 Å². The number of carbonyl (C=O) groups excluding carboxylic acids is 1. The SMILES string of the molecule is Cc1ccc(C)c(OCCCn2c(C(C)NC(=O)Cc3ccccc3)nc3ccccc32)c1. The molecule has 0 aliphatic rings. The molecule has 0 aliphatic carbocycles. The third-order valence-corrected chi connectivity index (χ3v) is 5.78. The number of fused-ring (bicyclic) bond motifs is 1. The first-order valence-electron chi connectivity index (χ1n) is 11.5. The number of carbonyl (C=O) groups is 1. The van der Waals surface area contributed by atoms with E-state index in [1.165, 1.54) is 5.56 Å². The van der Waals surface area contributed by atoms with E-state index >= 15 is 0 Å². The Balaban J connectivity index is 1.44. The van der Waals surface area contributed by atoms with Gasteiger partial charge in [0.25, 0.3) is 0 Å². The fraction of sp³-hybridized carbons (Fsp3) is 0.286. The molecule has 3 aromatic carbocycles. The molecule has 0 aliphatic heterocycles. The monoisotopic (exact) mass is 441 g/mol. The Morgan fingerprint density at radius 3 is 2.61 bits per heavy atom. The van der Waals surface area contributed by atoms with E-state index in [0.29, 0.717) is 13.0 Å². The molecule has 1 atom stereocenters. The average molecular weight is 442 g/mol. The van der Waals surface area contributed by atoms with Gasteiger partial charge in [-0.05, 0) is 62.1 Å². The van der Waals surface area contributed by atoms with E-state index in [0.717, 1.165) is 46.7 Å². The van der Waals surface area contributed by atoms with Gasteiger partial charge in [0.1, 0.15) is 11.6 Å². The summed E-state index contributed by atoms with van der Waals surface area (Å²) >= 11 is 0. The highest BCUT2D eigenvalue weighted by molar-refractivity contribution is 5.79. The van der Waals surface area contributed by atoms with Crippen LogP contribution in [-0.4, -0.2) is 22.1 Å². The fourth-order valence-electron chi connectivity index (χ4n) is 4.07. The number of nitrogens with one attached hydrogen (secondary N) is 1. The molecule has 170 valence electrons. The van der Waals surface area contributed by atoms with Gasteiger partial charge in [-0.25, -0.2) is 4.98 Å². The van der Waals surface area contributed by atoms with Crippen molar-refractivity contribution in [1.82, 2.24) is 14.9 Å². The Morgan fingerprint density at radius 1 is 1.03 bits per heavy atom. The summed E-state index contributed by atoms with van der Waals surface area (Å²) in [4.78, 5) is 17.5. The standard InChI is InChI=1S/C28H31N3O2/c1-20-14-15-21(2)26(18-20)33-17-9-16-31-25-13-8-7-12-24(25)30-28(31)22(3)29-27(32)19-23-10-5-4-6-11-23/h4-8,10-15,18,22H,9,16-17,19H2,1-3H3,(H,29,32). The lowest BCUT2D eigenvalue weighted by Crippen LogP contribution is -2.30. The van der Waals surface area contributed by atoms with Crippen molar-refractivity contribution in [1.29, 1.82) is 0 Å². The number of nitrogens with zero attached hydrogens (tertiary/aromatic N) is 2. The largest absolute Gasteiger partial charge is 0.493 e. The van der Waals surface area contributed by atoms with Crippen LogP contribution in [0.3, 0.4) is 0 Å². The quantitative estimate of drug-likeness (QED) is 0.347. The van der Waals surface area contributed by atoms with Crippen molar-refractivity contribution in [3.05, 3.63) is 95.3 Å². The molecule has 1 N–H and O–H groups in total. The number of rotatable bonds is 9. The van der Waals surface area contributed by atoms with Crippen LogP contribution in [0.1, 0.15) is 41.9 Å². The van der Waals surface area contributed by atoms with E-state index in [-0.39, 0.29) is 11.9 Å². The van der Waals surface area contributed by atoms with Crippen LogP contribution in [0.4, 0.5) is 0 Å². The van der Waals surface area contributed by atoms with E-state index in [2.05, 4.69) is 48.0 Å². The molecule has 0 saturated carbocycles. The summed E-state index contributed by atoms with van der Waals surface area (Å²) in [7, 11) is 0. The lowest BCUT2D eigenvalue weighted by molar-refractivity contribution is -0.121. The predicted molar refractivity (Wildman–Crippen MR) is 132 cm³/mol. The number of para-hydroxylation sites is 2. The van der Waals surface area contributed by atoms with Crippen LogP contribution in [-0.2, 0) is 17.8 Å². The third-order valence-electron chi connectivity index (χ3n) is 5.78. The minimum atomic E-state index is -0.200. The molecule has 0 radical (unpaired) electrons. The molecule has 1 aromatic heterocycles. The van der Waals surface area contributed by atoms with E-state index < -0.39 is 0 Å². The average Bonchev–Trinajstić information content (AvgIpc) is 3.18. The van der Waals surface area contributed by atoms with Crippen LogP contribution in [0.15, 0.2) is 72.8 Å². The van der Waals surface area contributed by atoms with Crippen LogP contribution >= 0.6 is 0 Å². The lowest BCUT2D eigenvalue weighted by atomic mass is 10.1. The highest BCUT2D eigenvalue weighted by Crippen LogP contribution is 2.23. The van der Waals surface area contributed by atoms with Gasteiger partial charge in [-0.3, -0.25) is 4.79 Å². The highest BCUT2D eigenvalue weighted by Gasteiger charge is 2.18. The van der Waals surface area contributed by atoms with E-state index in [1.807, 2.05) is 55.5 Å². The van der Waals surface area contributed by atoms with Gasteiger partial charge >= 0.3 is 0 Å². The first kappa shape index (κ1) is 22.6. The van der Waals surface area contributed by atoms with Gasteiger partial charge in [-0.1, -0.05) is 54.6 Å². The number of imidazole rings is 1. The van der Waals surface area contributed by atoms with E-state index in [9.17, 15) is 4.79 Å². The van der Waals surface area contributed by atoms with Gasteiger partial charge in [-0.2, -0.15) is 0 Å². The summed E-state index contributed by atoms with van der Waals surface area (Å²) in [6, 6.07) is 24.0. The van der Waals surface area contributed by atoms with E-state index in [4.69, 9.17) is 9.72 Å². The zero-order chi connectivity index (χ0) is 23.2. The van der Waals surface area contributed by atoms with Crippen LogP contribution in [0.2, 0.25) is 0 Å². The van der Waals surface area contributed by atoms with Gasteiger partial charge < -0.3 is 14.6 Å². The minimum Gasteiger partial charge on any atom is -0.493 e. The van der Waals surface area contributed by atoms with Crippen molar-refractivity contribution in [2.45, 2.75) is 46.2 Å². The van der Waals surface area contributed by atoms with Gasteiger partial charge in [0.05, 0.1) is 30.1 Å². The molecule has 5 nitrogen and oxygen atoms in total. The summed E-state index contributed by atoms with van der Waals surface area (Å²) < 4.78 is 8.26. The second-order valence-electron chi connectivity index (χ2n) is 8.53. The van der Waals surface area contributed by atoms with Gasteiger partial charge in [-0.15, -0.1) is 0 Å². The Hall–Kier alpha value is -3.60. The molecule has 5 heteroatoms. The molecule has 1 heterocycles. The minimum absolute atomic E-state index is 0.00874. The second-order valence-corrected chi connectivity index (χ2v) is 8.53. The number of hydrogen-bond donors (Lipinski definition) is 1. The molecule has 0 fully saturated rings. The smallest absolute Gasteiger partial charge is 0.224 e. The highest BCUT2D eigenvalue weighted by atomic mass is 16.5. The molecule has 0 bridgehead atoms. The van der Waals surface area contributed by atoms with Crippen molar-refractivity contribution >= 4 is 16.9 Å². The second kappa shape index (κ2) is 10.3. The van der Waals surface area contributed by atoms with Crippen LogP contribution < -0.4 is 10.1 Å². The molecule has 33 heavy (non-hydrogen) atoms. The zero-order valence-corrected chi connectivity index (χ0v) is 19.5. The number of aromatic nitrogens is 2. The molecule has 1 amide bonds. The number of benzene rings is 3. The van der Waals surface area contributed by atoms with Crippen molar-refractivity contribution in [2.75, 3.05) is 6.61 Å². The number of amides is 1. The third kappa shape index (κ3) is 5.61. The predicted octanol–water partition coefficient (Wildman–Crippen LogP) is 5.54. The molecular weight excluding hydrogens is 410 g/mol. The van der Waals surface area contributed by atoms with Crippen LogP contribution in [0, 0.1) is 13.8 Å². The van der Waals surface area contributed by atoms with Crippen molar-refractivity contribution in [2.24, 2.45) is 0 Å². The molecular formula is C28H31N3O2. The summed E-state index contributed by atoms with van der Waals surface area (Å²) in [6.07, 6.45) is 1.19. The van der Waals surface area contributed by atoms with Crippen molar-refractivity contribution < 1.29 is 9.53 Å². The van der Waals surface area contributed by atoms with E-state index in [1.54, 1.807) is 0 Å². The molecule has 0 saturated heterocycles. The Labute approximate surface area is 195 Å². The van der Waals surface area contributed by atoms with Gasteiger partial charge in [0.2, 0.25) is 5.91 Å². The Kier molecular flexibility index (Phi) is 7.08. The lowest BCUT2D eigenvalue weighted by Gasteiger charge is -2.17. The number of hydrogen-bond acceptors (Lipinski definition) is 3. The Morgan fingerprint density at radius 2 is 1.79 bits per heavy atom. The Bertz CT molecular complexity index is 1230. The van der Waals surface area contributed by atoms with Crippen molar-refractivity contribution in [3.8, 4) is 5.75 Å². The van der Waals surface area contributed by atoms with Gasteiger partial charge in [0.15, 0.2) is 0 Å². The summed E-state index contributed by atoms with van der Waals surface area (Å²) in [5, 5.41) is 3.12. The topological polar surface area (TPSA) is 56.1 Å². The molecule has 1 unspecified atom stereocenters. The number of ether oxygens (including phenoxy) is 1. The summed E-state index contributed by atoms with van der Waals surface area (Å²) in [5.74, 6) is 1.79. The maximum Gasteiger partial charge on any atom is 0.224 e. The molecule has 4 aromatic rings. The molecule has 0 spiro atoms. The van der Waals surface area contributed by atoms with Crippen molar-refractivity contribution in [3.63, 3.8) is 0 Å². The zero-order valence-electron chi connectivity index (χ0n) is 19.5. The summed E-state index contributed by atoms with van der Waals surface area (Å²) in [6.45, 7) is 7.51. The van der Waals surface area contributed by atoms with Gasteiger partial charge in [0, 0.05) is 6.54 Å². The maximum absolute atomic E-state index is 12.6. The number of aryl methyl sites for hydroxylation is 3. The maximum atomic E-state index is 12.6. The summed E-state index contributed by atoms with van der Waals surface area (Å²) in [5.41, 5.74) is 5.34. The first-order chi connectivity index (χ1) is 16.0. The normalized spacial score (nSPS) is 12.0. The molecule has 4 rings (SSSR count). The first-order valence-corrected chi connectivity index (χ1v) is 11.5. The fourth-order valence-corrected chi connectivity index (χ4v) is 4.07.